The van der Waals surface area contributed by atoms with Crippen LogP contribution < -0.4 is 10.5 Å². The minimum atomic E-state index is -3.54. The fourth-order valence-electron chi connectivity index (χ4n) is 0.924. The fourth-order valence-corrected chi connectivity index (χ4v) is 1.71. The SMILES string of the molecule is CC(C)(C)S(=O)(=O)Nc1ccc(F)cc1N. The van der Waals surface area contributed by atoms with Crippen LogP contribution in [0.15, 0.2) is 18.2 Å². The molecule has 6 heteroatoms. The Labute approximate surface area is 94.7 Å². The van der Waals surface area contributed by atoms with Gasteiger partial charge in [0.2, 0.25) is 10.0 Å². The van der Waals surface area contributed by atoms with Crippen LogP contribution in [0.5, 0.6) is 0 Å². The van der Waals surface area contributed by atoms with Crippen molar-refractivity contribution < 1.29 is 12.8 Å². The van der Waals surface area contributed by atoms with Crippen LogP contribution in [0.1, 0.15) is 20.8 Å². The third-order valence-electron chi connectivity index (χ3n) is 2.06. The molecule has 0 unspecified atom stereocenters. The highest BCUT2D eigenvalue weighted by molar-refractivity contribution is 7.94. The van der Waals surface area contributed by atoms with Gasteiger partial charge in [-0.1, -0.05) is 0 Å². The molecule has 1 aromatic rings. The van der Waals surface area contributed by atoms with Crippen LogP contribution in [0, 0.1) is 5.82 Å². The molecule has 0 aliphatic heterocycles. The highest BCUT2D eigenvalue weighted by Gasteiger charge is 2.29. The molecule has 0 aliphatic carbocycles. The minimum absolute atomic E-state index is 0.0628. The van der Waals surface area contributed by atoms with E-state index in [0.29, 0.717) is 0 Å². The highest BCUT2D eigenvalue weighted by atomic mass is 32.2. The fraction of sp³-hybridized carbons (Fsp3) is 0.400. The zero-order valence-corrected chi connectivity index (χ0v) is 10.2. The Morgan fingerprint density at radius 1 is 1.31 bits per heavy atom. The van der Waals surface area contributed by atoms with Gasteiger partial charge < -0.3 is 5.73 Å². The van der Waals surface area contributed by atoms with E-state index in [1.807, 2.05) is 0 Å². The van der Waals surface area contributed by atoms with Crippen LogP contribution in [0.4, 0.5) is 15.8 Å². The van der Waals surface area contributed by atoms with Crippen LogP contribution in [-0.4, -0.2) is 13.2 Å². The highest BCUT2D eigenvalue weighted by Crippen LogP contribution is 2.24. The standard InChI is InChI=1S/C10H15FN2O2S/c1-10(2,3)16(14,15)13-9-5-4-7(11)6-8(9)12/h4-6,13H,12H2,1-3H3. The number of nitrogens with two attached hydrogens (primary N) is 1. The lowest BCUT2D eigenvalue weighted by Gasteiger charge is -2.21. The van der Waals surface area contributed by atoms with Gasteiger partial charge in [-0.05, 0) is 39.0 Å². The average Bonchev–Trinajstić information content (AvgIpc) is 2.08. The predicted molar refractivity (Wildman–Crippen MR) is 63.1 cm³/mol. The number of sulfonamides is 1. The number of hydrogen-bond donors (Lipinski definition) is 2. The molecule has 0 bridgehead atoms. The molecule has 3 N–H and O–H groups in total. The molecule has 0 aromatic heterocycles. The minimum Gasteiger partial charge on any atom is -0.397 e. The zero-order chi connectivity index (χ0) is 12.6. The monoisotopic (exact) mass is 246 g/mol. The van der Waals surface area contributed by atoms with E-state index in [0.717, 1.165) is 12.1 Å². The quantitative estimate of drug-likeness (QED) is 0.783. The molecule has 0 spiro atoms. The van der Waals surface area contributed by atoms with Crippen molar-refractivity contribution in [3.05, 3.63) is 24.0 Å². The van der Waals surface area contributed by atoms with E-state index in [1.165, 1.54) is 6.07 Å². The first-order chi connectivity index (χ1) is 7.13. The second-order valence-electron chi connectivity index (χ2n) is 4.45. The van der Waals surface area contributed by atoms with E-state index in [9.17, 15) is 12.8 Å². The van der Waals surface area contributed by atoms with Crippen LogP contribution in [0.25, 0.3) is 0 Å². The van der Waals surface area contributed by atoms with Crippen molar-refractivity contribution >= 4 is 21.4 Å². The summed E-state index contributed by atoms with van der Waals surface area (Å²) in [4.78, 5) is 0. The van der Waals surface area contributed by atoms with E-state index in [4.69, 9.17) is 5.73 Å². The maximum absolute atomic E-state index is 12.8. The normalized spacial score (nSPS) is 12.5. The summed E-state index contributed by atoms with van der Waals surface area (Å²) >= 11 is 0. The lowest BCUT2D eigenvalue weighted by Crippen LogP contribution is -2.33. The van der Waals surface area contributed by atoms with Gasteiger partial charge in [-0.3, -0.25) is 4.72 Å². The Kier molecular flexibility index (Phi) is 3.14. The summed E-state index contributed by atoms with van der Waals surface area (Å²) in [5, 5.41) is 0. The largest absolute Gasteiger partial charge is 0.397 e. The Morgan fingerprint density at radius 2 is 1.88 bits per heavy atom. The average molecular weight is 246 g/mol. The molecule has 0 aliphatic rings. The number of nitrogen functional groups attached to an aromatic ring is 1. The van der Waals surface area contributed by atoms with Crippen molar-refractivity contribution in [2.45, 2.75) is 25.5 Å². The van der Waals surface area contributed by atoms with Gasteiger partial charge in [0.25, 0.3) is 0 Å². The first-order valence-electron chi connectivity index (χ1n) is 4.71. The summed E-state index contributed by atoms with van der Waals surface area (Å²) in [6.45, 7) is 4.69. The van der Waals surface area contributed by atoms with E-state index < -0.39 is 20.6 Å². The molecule has 16 heavy (non-hydrogen) atoms. The Hall–Kier alpha value is -1.30. The first-order valence-corrected chi connectivity index (χ1v) is 6.19. The number of rotatable bonds is 2. The lowest BCUT2D eigenvalue weighted by molar-refractivity contribution is 0.566. The maximum Gasteiger partial charge on any atom is 0.237 e. The number of benzene rings is 1. The summed E-state index contributed by atoms with van der Waals surface area (Å²) < 4.78 is 37.7. The van der Waals surface area contributed by atoms with E-state index in [2.05, 4.69) is 4.72 Å². The molecule has 0 saturated heterocycles. The molecule has 0 saturated carbocycles. The molecule has 0 amide bonds. The summed E-state index contributed by atoms with van der Waals surface area (Å²) in [7, 11) is -3.54. The number of hydrogen-bond acceptors (Lipinski definition) is 3. The molecular formula is C10H15FN2O2S. The van der Waals surface area contributed by atoms with Gasteiger partial charge in [0.15, 0.2) is 0 Å². The Balaban J connectivity index is 3.07. The van der Waals surface area contributed by atoms with Crippen molar-refractivity contribution in [3.8, 4) is 0 Å². The first kappa shape index (κ1) is 12.8. The Bertz CT molecular complexity index is 492. The van der Waals surface area contributed by atoms with Gasteiger partial charge in [-0.25, -0.2) is 12.8 Å². The lowest BCUT2D eigenvalue weighted by atomic mass is 10.3. The predicted octanol–water partition coefficient (Wildman–Crippen LogP) is 1.95. The third kappa shape index (κ3) is 2.63. The van der Waals surface area contributed by atoms with E-state index in [1.54, 1.807) is 20.8 Å². The number of nitrogens with one attached hydrogen (secondary N) is 1. The van der Waals surface area contributed by atoms with Gasteiger partial charge >= 0.3 is 0 Å². The van der Waals surface area contributed by atoms with Crippen molar-refractivity contribution in [3.63, 3.8) is 0 Å². The molecule has 1 aromatic carbocycles. The molecule has 1 rings (SSSR count). The van der Waals surface area contributed by atoms with Gasteiger partial charge in [0, 0.05) is 0 Å². The van der Waals surface area contributed by atoms with Crippen molar-refractivity contribution in [1.29, 1.82) is 0 Å². The molecule has 90 valence electrons. The molecular weight excluding hydrogens is 231 g/mol. The van der Waals surface area contributed by atoms with Crippen molar-refractivity contribution in [1.82, 2.24) is 0 Å². The van der Waals surface area contributed by atoms with Gasteiger partial charge in [0.05, 0.1) is 16.1 Å². The number of anilines is 2. The van der Waals surface area contributed by atoms with Gasteiger partial charge in [-0.2, -0.15) is 0 Å². The van der Waals surface area contributed by atoms with Crippen LogP contribution in [0.3, 0.4) is 0 Å². The summed E-state index contributed by atoms with van der Waals surface area (Å²) in [6.07, 6.45) is 0. The summed E-state index contributed by atoms with van der Waals surface area (Å²) in [6, 6.07) is 3.52. The third-order valence-corrected chi connectivity index (χ3v) is 4.17. The van der Waals surface area contributed by atoms with Crippen LogP contribution in [-0.2, 0) is 10.0 Å². The smallest absolute Gasteiger partial charge is 0.237 e. The van der Waals surface area contributed by atoms with E-state index >= 15 is 0 Å². The Morgan fingerprint density at radius 3 is 2.31 bits per heavy atom. The van der Waals surface area contributed by atoms with Crippen molar-refractivity contribution in [2.75, 3.05) is 10.5 Å². The van der Waals surface area contributed by atoms with Gasteiger partial charge in [-0.15, -0.1) is 0 Å². The second-order valence-corrected chi connectivity index (χ2v) is 6.89. The van der Waals surface area contributed by atoms with Crippen LogP contribution >= 0.6 is 0 Å². The molecule has 4 nitrogen and oxygen atoms in total. The van der Waals surface area contributed by atoms with E-state index in [-0.39, 0.29) is 11.4 Å². The van der Waals surface area contributed by atoms with Gasteiger partial charge in [0.1, 0.15) is 5.82 Å². The van der Waals surface area contributed by atoms with Crippen molar-refractivity contribution in [2.24, 2.45) is 0 Å². The topological polar surface area (TPSA) is 72.2 Å². The molecule has 0 heterocycles. The second kappa shape index (κ2) is 3.93. The number of halogens is 1. The summed E-state index contributed by atoms with van der Waals surface area (Å²) in [5.74, 6) is -0.504. The zero-order valence-electron chi connectivity index (χ0n) is 9.41. The summed E-state index contributed by atoms with van der Waals surface area (Å²) in [5.41, 5.74) is 5.76. The maximum atomic E-state index is 12.8. The van der Waals surface area contributed by atoms with Crippen LogP contribution in [0.2, 0.25) is 0 Å². The molecule has 0 atom stereocenters. The molecule has 0 radical (unpaired) electrons. The molecule has 0 fully saturated rings.